The lowest BCUT2D eigenvalue weighted by Crippen LogP contribution is -2.28. The zero-order chi connectivity index (χ0) is 20.1. The van der Waals surface area contributed by atoms with Crippen LogP contribution in [-0.2, 0) is 16.1 Å². The van der Waals surface area contributed by atoms with Crippen molar-refractivity contribution in [3.63, 3.8) is 0 Å². The van der Waals surface area contributed by atoms with Crippen LogP contribution in [0, 0.1) is 6.92 Å². The van der Waals surface area contributed by atoms with Gasteiger partial charge in [-0.05, 0) is 31.4 Å². The van der Waals surface area contributed by atoms with Crippen molar-refractivity contribution >= 4 is 11.7 Å². The van der Waals surface area contributed by atoms with Crippen molar-refractivity contribution < 1.29 is 9.53 Å². The van der Waals surface area contributed by atoms with Gasteiger partial charge in [-0.15, -0.1) is 6.58 Å². The third-order valence-electron chi connectivity index (χ3n) is 5.33. The number of ether oxygens (including phenoxy) is 1. The highest BCUT2D eigenvalue weighted by Gasteiger charge is 2.33. The van der Waals surface area contributed by atoms with Crippen LogP contribution in [0.15, 0.2) is 48.1 Å². The molecule has 0 aliphatic carbocycles. The number of carbonyl (C=O) groups excluding carboxylic acids is 1. The molecule has 1 N–H and O–H groups in total. The second kappa shape index (κ2) is 9.20. The van der Waals surface area contributed by atoms with E-state index >= 15 is 0 Å². The van der Waals surface area contributed by atoms with Crippen LogP contribution in [0.1, 0.15) is 49.4 Å². The summed E-state index contributed by atoms with van der Waals surface area (Å²) in [6.45, 7) is 11.8. The molecular weight excluding hydrogens is 350 g/mol. The van der Waals surface area contributed by atoms with E-state index in [1.807, 2.05) is 6.08 Å². The Bertz CT molecular complexity index is 816. The molecule has 2 aliphatic rings. The molecule has 0 saturated carbocycles. The van der Waals surface area contributed by atoms with E-state index in [-0.39, 0.29) is 23.8 Å². The van der Waals surface area contributed by atoms with Gasteiger partial charge in [-0.1, -0.05) is 37.3 Å². The number of allylic oxidation sites excluding steroid dienone is 4. The number of fused-ring (bicyclic) bond motifs is 1. The Labute approximate surface area is 167 Å². The first kappa shape index (κ1) is 20.3. The summed E-state index contributed by atoms with van der Waals surface area (Å²) in [5.74, 6) is 1.09. The first-order chi connectivity index (χ1) is 13.5. The van der Waals surface area contributed by atoms with Crippen molar-refractivity contribution in [2.45, 2.75) is 58.2 Å². The fraction of sp³-hybridized carbons (Fsp3) is 0.478. The molecule has 5 heteroatoms. The number of ketones is 1. The first-order valence-corrected chi connectivity index (χ1v) is 10.1. The minimum atomic E-state index is -0.114. The van der Waals surface area contributed by atoms with Gasteiger partial charge in [0.15, 0.2) is 0 Å². The molecule has 1 aromatic rings. The molecule has 3 atom stereocenters. The molecular formula is C23H31N3O2. The molecule has 2 unspecified atom stereocenters. The maximum atomic E-state index is 11.6. The maximum Gasteiger partial charge on any atom is 0.233 e. The van der Waals surface area contributed by atoms with Crippen molar-refractivity contribution in [3.05, 3.63) is 60.0 Å². The summed E-state index contributed by atoms with van der Waals surface area (Å²) < 4.78 is 8.46. The van der Waals surface area contributed by atoms with Crippen LogP contribution in [0.4, 0.5) is 0 Å². The summed E-state index contributed by atoms with van der Waals surface area (Å²) in [7, 11) is 0. The number of aliphatic imine (C=N–C) groups is 1. The second-order valence-electron chi connectivity index (χ2n) is 7.54. The summed E-state index contributed by atoms with van der Waals surface area (Å²) in [6, 6.07) is -0.114. The zero-order valence-corrected chi connectivity index (χ0v) is 17.1. The topological polar surface area (TPSA) is 55.6 Å². The van der Waals surface area contributed by atoms with Crippen molar-refractivity contribution in [1.82, 2.24) is 9.88 Å². The fourth-order valence-corrected chi connectivity index (χ4v) is 3.97. The SMILES string of the molecule is C=CCn1cc(C)c2c1C(OC1CN[C@H](C(C)=O)C1)=NCC2/C=C\C=C/CC. The van der Waals surface area contributed by atoms with Gasteiger partial charge in [-0.3, -0.25) is 4.79 Å². The van der Waals surface area contributed by atoms with Crippen molar-refractivity contribution in [2.24, 2.45) is 4.99 Å². The quantitative estimate of drug-likeness (QED) is 0.579. The standard InChI is InChI=1S/C23H31N3O2/c1-5-7-8-9-10-18-13-25-23(28-19-12-20(17(4)27)24-14-19)22-21(18)16(3)15-26(22)11-6-2/h6-10,15,18-20,24H,2,5,11-14H2,1,3-4H3/b8-7-,10-9-/t18?,19?,20-/m0/s1. The van der Waals surface area contributed by atoms with Gasteiger partial charge in [0, 0.05) is 31.6 Å². The number of hydrogen-bond donors (Lipinski definition) is 1. The van der Waals surface area contributed by atoms with Crippen LogP contribution in [0.2, 0.25) is 0 Å². The molecule has 0 aromatic carbocycles. The molecule has 5 nitrogen and oxygen atoms in total. The molecule has 1 aromatic heterocycles. The average molecular weight is 382 g/mol. The second-order valence-corrected chi connectivity index (χ2v) is 7.54. The zero-order valence-electron chi connectivity index (χ0n) is 17.1. The monoisotopic (exact) mass is 381 g/mol. The molecule has 0 bridgehead atoms. The number of Topliss-reactive ketones (excluding diaryl/α,β-unsaturated/α-hetero) is 1. The number of rotatable bonds is 7. The van der Waals surface area contributed by atoms with E-state index in [4.69, 9.17) is 9.73 Å². The third kappa shape index (κ3) is 4.36. The van der Waals surface area contributed by atoms with Gasteiger partial charge in [-0.2, -0.15) is 0 Å². The fourth-order valence-electron chi connectivity index (χ4n) is 3.97. The normalized spacial score (nSPS) is 24.5. The highest BCUT2D eigenvalue weighted by atomic mass is 16.5. The molecule has 1 saturated heterocycles. The predicted molar refractivity (Wildman–Crippen MR) is 114 cm³/mol. The number of hydrogen-bond acceptors (Lipinski definition) is 4. The Kier molecular flexibility index (Phi) is 6.68. The van der Waals surface area contributed by atoms with E-state index in [1.165, 1.54) is 11.1 Å². The molecule has 0 amide bonds. The van der Waals surface area contributed by atoms with E-state index in [0.29, 0.717) is 32.0 Å². The molecule has 3 heterocycles. The van der Waals surface area contributed by atoms with E-state index in [2.05, 4.69) is 60.8 Å². The van der Waals surface area contributed by atoms with Crippen LogP contribution in [0.25, 0.3) is 0 Å². The molecule has 150 valence electrons. The lowest BCUT2D eigenvalue weighted by Gasteiger charge is -2.24. The molecule has 0 radical (unpaired) electrons. The predicted octanol–water partition coefficient (Wildman–Crippen LogP) is 3.68. The van der Waals surface area contributed by atoms with E-state index in [1.54, 1.807) is 6.92 Å². The van der Waals surface area contributed by atoms with E-state index in [0.717, 1.165) is 12.1 Å². The molecule has 28 heavy (non-hydrogen) atoms. The number of nitrogens with one attached hydrogen (secondary N) is 1. The number of aromatic nitrogens is 1. The lowest BCUT2D eigenvalue weighted by atomic mass is 9.93. The molecule has 0 spiro atoms. The summed E-state index contributed by atoms with van der Waals surface area (Å²) in [5.41, 5.74) is 3.57. The minimum absolute atomic E-state index is 0.0348. The Morgan fingerprint density at radius 3 is 2.96 bits per heavy atom. The van der Waals surface area contributed by atoms with Crippen molar-refractivity contribution in [2.75, 3.05) is 13.1 Å². The largest absolute Gasteiger partial charge is 0.472 e. The smallest absolute Gasteiger partial charge is 0.233 e. The number of aryl methyl sites for hydroxylation is 1. The maximum absolute atomic E-state index is 11.6. The van der Waals surface area contributed by atoms with Crippen LogP contribution in [-0.4, -0.2) is 41.5 Å². The minimum Gasteiger partial charge on any atom is -0.472 e. The van der Waals surface area contributed by atoms with Gasteiger partial charge in [0.05, 0.1) is 12.6 Å². The van der Waals surface area contributed by atoms with Crippen molar-refractivity contribution in [3.8, 4) is 0 Å². The number of carbonyl (C=O) groups is 1. The Hall–Kier alpha value is -2.40. The lowest BCUT2D eigenvalue weighted by molar-refractivity contribution is -0.118. The van der Waals surface area contributed by atoms with E-state index in [9.17, 15) is 4.79 Å². The van der Waals surface area contributed by atoms with Crippen LogP contribution < -0.4 is 5.32 Å². The average Bonchev–Trinajstić information content (AvgIpc) is 3.26. The van der Waals surface area contributed by atoms with Gasteiger partial charge in [-0.25, -0.2) is 4.99 Å². The summed E-state index contributed by atoms with van der Waals surface area (Å²) in [6.07, 6.45) is 14.3. The van der Waals surface area contributed by atoms with Gasteiger partial charge in [0.25, 0.3) is 0 Å². The third-order valence-corrected chi connectivity index (χ3v) is 5.33. The van der Waals surface area contributed by atoms with Gasteiger partial charge in [0.2, 0.25) is 5.90 Å². The molecule has 1 fully saturated rings. The first-order valence-electron chi connectivity index (χ1n) is 10.1. The van der Waals surface area contributed by atoms with Gasteiger partial charge in [0.1, 0.15) is 17.6 Å². The summed E-state index contributed by atoms with van der Waals surface area (Å²) in [5, 5.41) is 3.24. The van der Waals surface area contributed by atoms with Crippen LogP contribution in [0.5, 0.6) is 0 Å². The van der Waals surface area contributed by atoms with Crippen LogP contribution in [0.3, 0.4) is 0 Å². The highest BCUT2D eigenvalue weighted by Crippen LogP contribution is 2.33. The highest BCUT2D eigenvalue weighted by molar-refractivity contribution is 5.96. The Morgan fingerprint density at radius 2 is 2.29 bits per heavy atom. The molecule has 2 aliphatic heterocycles. The van der Waals surface area contributed by atoms with Crippen LogP contribution >= 0.6 is 0 Å². The summed E-state index contributed by atoms with van der Waals surface area (Å²) >= 11 is 0. The molecule has 3 rings (SSSR count). The van der Waals surface area contributed by atoms with Crippen molar-refractivity contribution in [1.29, 1.82) is 0 Å². The van der Waals surface area contributed by atoms with Gasteiger partial charge >= 0.3 is 0 Å². The van der Waals surface area contributed by atoms with Gasteiger partial charge < -0.3 is 14.6 Å². The number of nitrogens with zero attached hydrogens (tertiary/aromatic N) is 2. The summed E-state index contributed by atoms with van der Waals surface area (Å²) in [4.78, 5) is 16.4. The Morgan fingerprint density at radius 1 is 1.46 bits per heavy atom. The van der Waals surface area contributed by atoms with E-state index < -0.39 is 0 Å². The Balaban J connectivity index is 1.86.